The highest BCUT2D eigenvalue weighted by Gasteiger charge is 2.29. The molecular formula is C23H24N2O4. The number of ether oxygens (including phenoxy) is 2. The quantitative estimate of drug-likeness (QED) is 0.721. The molecule has 1 unspecified atom stereocenters. The number of aryl methyl sites for hydroxylation is 1. The van der Waals surface area contributed by atoms with E-state index in [4.69, 9.17) is 9.47 Å². The summed E-state index contributed by atoms with van der Waals surface area (Å²) in [5.41, 5.74) is 2.86. The molecule has 0 saturated carbocycles. The molecule has 1 saturated heterocycles. The maximum atomic E-state index is 13.2. The van der Waals surface area contributed by atoms with Crippen LogP contribution >= 0.6 is 0 Å². The number of fused-ring (bicyclic) bond motifs is 1. The van der Waals surface area contributed by atoms with Gasteiger partial charge in [-0.25, -0.2) is 0 Å². The van der Waals surface area contributed by atoms with Crippen LogP contribution in [0.5, 0.6) is 5.75 Å². The van der Waals surface area contributed by atoms with Crippen LogP contribution < -0.4 is 15.2 Å². The highest BCUT2D eigenvalue weighted by molar-refractivity contribution is 5.96. The molecule has 1 atom stereocenters. The van der Waals surface area contributed by atoms with E-state index in [1.807, 2.05) is 49.4 Å². The predicted molar refractivity (Wildman–Crippen MR) is 112 cm³/mol. The molecule has 1 aliphatic rings. The fourth-order valence-electron chi connectivity index (χ4n) is 3.61. The second-order valence-electron chi connectivity index (χ2n) is 7.34. The van der Waals surface area contributed by atoms with Gasteiger partial charge < -0.3 is 19.4 Å². The summed E-state index contributed by atoms with van der Waals surface area (Å²) in [4.78, 5) is 30.4. The van der Waals surface area contributed by atoms with Gasteiger partial charge in [0, 0.05) is 23.9 Å². The summed E-state index contributed by atoms with van der Waals surface area (Å²) in [6.07, 6.45) is 1.12. The van der Waals surface area contributed by atoms with Crippen molar-refractivity contribution >= 4 is 22.5 Å². The molecule has 0 radical (unpaired) electrons. The van der Waals surface area contributed by atoms with Gasteiger partial charge in [-0.1, -0.05) is 17.7 Å². The van der Waals surface area contributed by atoms with E-state index >= 15 is 0 Å². The van der Waals surface area contributed by atoms with Gasteiger partial charge in [-0.05, 0) is 55.5 Å². The lowest BCUT2D eigenvalue weighted by Gasteiger charge is -2.25. The van der Waals surface area contributed by atoms with E-state index in [-0.39, 0.29) is 18.0 Å². The average Bonchev–Trinajstić information content (AvgIpc) is 3.27. The van der Waals surface area contributed by atoms with Crippen LogP contribution in [0.15, 0.2) is 53.3 Å². The van der Waals surface area contributed by atoms with Crippen molar-refractivity contribution in [3.63, 3.8) is 0 Å². The number of rotatable bonds is 5. The molecule has 0 spiro atoms. The van der Waals surface area contributed by atoms with E-state index in [0.29, 0.717) is 29.9 Å². The lowest BCUT2D eigenvalue weighted by Crippen LogP contribution is -2.39. The average molecular weight is 392 g/mol. The lowest BCUT2D eigenvalue weighted by atomic mass is 10.1. The van der Waals surface area contributed by atoms with E-state index in [0.717, 1.165) is 23.1 Å². The van der Waals surface area contributed by atoms with E-state index in [2.05, 4.69) is 4.98 Å². The Bertz CT molecular complexity index is 1080. The van der Waals surface area contributed by atoms with Crippen LogP contribution in [-0.2, 0) is 16.1 Å². The normalized spacial score (nSPS) is 16.1. The number of aromatic nitrogens is 1. The standard InChI is InChI=1S/C23H24N2O4/c1-15-5-8-18(9-6-15)25(23(27)21-4-3-11-29-21)14-17-12-16-7-10-19(28-2)13-20(16)24-22(17)26/h5-10,12-13,21H,3-4,11,14H2,1-2H3,(H,24,26). The van der Waals surface area contributed by atoms with Crippen molar-refractivity contribution < 1.29 is 14.3 Å². The number of hydrogen-bond donors (Lipinski definition) is 1. The Labute approximate surface area is 169 Å². The van der Waals surface area contributed by atoms with E-state index in [1.165, 1.54) is 0 Å². The Kier molecular flexibility index (Phi) is 5.36. The number of anilines is 1. The zero-order valence-electron chi connectivity index (χ0n) is 16.6. The second kappa shape index (κ2) is 8.09. The Morgan fingerprint density at radius 3 is 2.69 bits per heavy atom. The maximum absolute atomic E-state index is 13.2. The van der Waals surface area contributed by atoms with Crippen LogP contribution in [0.4, 0.5) is 5.69 Å². The van der Waals surface area contributed by atoms with Gasteiger partial charge in [0.15, 0.2) is 0 Å². The van der Waals surface area contributed by atoms with Crippen molar-refractivity contribution in [2.24, 2.45) is 0 Å². The molecule has 4 rings (SSSR count). The summed E-state index contributed by atoms with van der Waals surface area (Å²) in [6, 6.07) is 15.1. The zero-order chi connectivity index (χ0) is 20.4. The zero-order valence-corrected chi connectivity index (χ0v) is 16.6. The highest BCUT2D eigenvalue weighted by atomic mass is 16.5. The van der Waals surface area contributed by atoms with Gasteiger partial charge in [-0.2, -0.15) is 0 Å². The summed E-state index contributed by atoms with van der Waals surface area (Å²) in [5, 5.41) is 0.883. The van der Waals surface area contributed by atoms with Gasteiger partial charge in [0.25, 0.3) is 11.5 Å². The van der Waals surface area contributed by atoms with Gasteiger partial charge in [0.05, 0.1) is 19.2 Å². The minimum atomic E-state index is -0.458. The number of pyridine rings is 1. The van der Waals surface area contributed by atoms with Gasteiger partial charge >= 0.3 is 0 Å². The fraction of sp³-hybridized carbons (Fsp3) is 0.304. The molecule has 3 aromatic rings. The van der Waals surface area contributed by atoms with E-state index in [9.17, 15) is 9.59 Å². The molecule has 0 aliphatic carbocycles. The topological polar surface area (TPSA) is 71.6 Å². The molecule has 29 heavy (non-hydrogen) atoms. The molecule has 1 fully saturated rings. The Morgan fingerprint density at radius 2 is 2.00 bits per heavy atom. The van der Waals surface area contributed by atoms with Crippen molar-refractivity contribution in [2.45, 2.75) is 32.4 Å². The van der Waals surface area contributed by atoms with Crippen LogP contribution in [0.25, 0.3) is 10.9 Å². The van der Waals surface area contributed by atoms with Crippen molar-refractivity contribution in [1.29, 1.82) is 0 Å². The second-order valence-corrected chi connectivity index (χ2v) is 7.34. The van der Waals surface area contributed by atoms with Gasteiger partial charge in [0.1, 0.15) is 11.9 Å². The highest BCUT2D eigenvalue weighted by Crippen LogP contribution is 2.24. The number of H-pyrrole nitrogens is 1. The summed E-state index contributed by atoms with van der Waals surface area (Å²) in [7, 11) is 1.59. The molecule has 0 bridgehead atoms. The third-order valence-electron chi connectivity index (χ3n) is 5.28. The maximum Gasteiger partial charge on any atom is 0.256 e. The number of hydrogen-bond acceptors (Lipinski definition) is 4. The monoisotopic (exact) mass is 392 g/mol. The van der Waals surface area contributed by atoms with Crippen LogP contribution in [0.1, 0.15) is 24.0 Å². The SMILES string of the molecule is COc1ccc2cc(CN(C(=O)C3CCCO3)c3ccc(C)cc3)c(=O)[nH]c2c1. The number of nitrogens with zero attached hydrogens (tertiary/aromatic N) is 1. The number of carbonyl (C=O) groups is 1. The largest absolute Gasteiger partial charge is 0.497 e. The fourth-order valence-corrected chi connectivity index (χ4v) is 3.61. The predicted octanol–water partition coefficient (Wildman–Crippen LogP) is 3.56. The summed E-state index contributed by atoms with van der Waals surface area (Å²) in [6.45, 7) is 2.77. The number of benzene rings is 2. The van der Waals surface area contributed by atoms with Crippen molar-refractivity contribution in [2.75, 3.05) is 18.6 Å². The molecule has 1 amide bonds. The molecular weight excluding hydrogens is 368 g/mol. The first-order chi connectivity index (χ1) is 14.0. The van der Waals surface area contributed by atoms with Crippen molar-refractivity contribution in [1.82, 2.24) is 4.98 Å². The minimum Gasteiger partial charge on any atom is -0.497 e. The van der Waals surface area contributed by atoms with Crippen molar-refractivity contribution in [3.8, 4) is 5.75 Å². The lowest BCUT2D eigenvalue weighted by molar-refractivity contribution is -0.127. The first-order valence-electron chi connectivity index (χ1n) is 9.75. The molecule has 2 aromatic carbocycles. The van der Waals surface area contributed by atoms with Gasteiger partial charge in [-0.3, -0.25) is 9.59 Å². The molecule has 1 aliphatic heterocycles. The third-order valence-corrected chi connectivity index (χ3v) is 5.28. The smallest absolute Gasteiger partial charge is 0.256 e. The van der Waals surface area contributed by atoms with Gasteiger partial charge in [-0.15, -0.1) is 0 Å². The summed E-state index contributed by atoms with van der Waals surface area (Å²) in [5.74, 6) is 0.566. The number of carbonyl (C=O) groups excluding carboxylic acids is 1. The summed E-state index contributed by atoms with van der Waals surface area (Å²) < 4.78 is 10.8. The molecule has 150 valence electrons. The van der Waals surface area contributed by atoms with E-state index < -0.39 is 6.10 Å². The Morgan fingerprint density at radius 1 is 1.21 bits per heavy atom. The van der Waals surface area contributed by atoms with Crippen molar-refractivity contribution in [3.05, 3.63) is 70.0 Å². The molecule has 1 aromatic heterocycles. The number of amides is 1. The minimum absolute atomic E-state index is 0.111. The molecule has 6 heteroatoms. The number of methoxy groups -OCH3 is 1. The number of aromatic amines is 1. The molecule has 1 N–H and O–H groups in total. The Hall–Kier alpha value is -3.12. The number of nitrogens with one attached hydrogen (secondary N) is 1. The first kappa shape index (κ1) is 19.2. The molecule has 2 heterocycles. The van der Waals surface area contributed by atoms with Crippen LogP contribution in [0.3, 0.4) is 0 Å². The Balaban J connectivity index is 1.71. The van der Waals surface area contributed by atoms with Crippen LogP contribution in [0, 0.1) is 6.92 Å². The van der Waals surface area contributed by atoms with E-state index in [1.54, 1.807) is 18.1 Å². The first-order valence-corrected chi connectivity index (χ1v) is 9.75. The third kappa shape index (κ3) is 4.03. The van der Waals surface area contributed by atoms with Crippen LogP contribution in [-0.4, -0.2) is 30.7 Å². The summed E-state index contributed by atoms with van der Waals surface area (Å²) >= 11 is 0. The molecule has 6 nitrogen and oxygen atoms in total. The van der Waals surface area contributed by atoms with Gasteiger partial charge in [0.2, 0.25) is 0 Å². The van der Waals surface area contributed by atoms with Crippen LogP contribution in [0.2, 0.25) is 0 Å².